The number of anilines is 1. The fourth-order valence-electron chi connectivity index (χ4n) is 1.67. The average molecular weight is 268 g/mol. The number of carboxylic acid groups (broad SMARTS) is 1. The molecule has 0 spiro atoms. The summed E-state index contributed by atoms with van der Waals surface area (Å²) in [4.78, 5) is 24.4. The molecule has 0 unspecified atom stereocenters. The molecule has 0 aliphatic rings. The third-order valence-corrected chi connectivity index (χ3v) is 2.62. The standard InChI is InChI=1S/C13H17FN2O3/c1-3-7-16(4-2)13(19)15-11-8-9(14)5-6-10(11)12(17)18/h5-6,8H,3-4,7H2,1-2H3,(H,15,19)(H,17,18). The van der Waals surface area contributed by atoms with Crippen molar-refractivity contribution >= 4 is 17.7 Å². The van der Waals surface area contributed by atoms with E-state index in [1.165, 1.54) is 4.90 Å². The van der Waals surface area contributed by atoms with Crippen LogP contribution in [0.3, 0.4) is 0 Å². The lowest BCUT2D eigenvalue weighted by Crippen LogP contribution is -2.35. The Kier molecular flexibility index (Phi) is 5.29. The second kappa shape index (κ2) is 6.72. The Morgan fingerprint density at radius 1 is 1.37 bits per heavy atom. The number of aromatic carboxylic acids is 1. The maximum absolute atomic E-state index is 13.1. The highest BCUT2D eigenvalue weighted by atomic mass is 19.1. The summed E-state index contributed by atoms with van der Waals surface area (Å²) in [5.74, 6) is -1.81. The number of hydrogen-bond acceptors (Lipinski definition) is 2. The van der Waals surface area contributed by atoms with Gasteiger partial charge < -0.3 is 15.3 Å². The number of hydrogen-bond donors (Lipinski definition) is 2. The van der Waals surface area contributed by atoms with Gasteiger partial charge in [0, 0.05) is 13.1 Å². The number of benzene rings is 1. The molecular weight excluding hydrogens is 251 g/mol. The summed E-state index contributed by atoms with van der Waals surface area (Å²) in [6.07, 6.45) is 0.788. The first-order chi connectivity index (χ1) is 8.99. The van der Waals surface area contributed by atoms with Crippen LogP contribution in [-0.4, -0.2) is 35.1 Å². The fourth-order valence-corrected chi connectivity index (χ4v) is 1.67. The molecule has 0 fully saturated rings. The van der Waals surface area contributed by atoms with Crippen LogP contribution in [0.2, 0.25) is 0 Å². The fraction of sp³-hybridized carbons (Fsp3) is 0.385. The molecule has 0 radical (unpaired) electrons. The summed E-state index contributed by atoms with van der Waals surface area (Å²) < 4.78 is 13.1. The predicted molar refractivity (Wildman–Crippen MR) is 69.9 cm³/mol. The van der Waals surface area contributed by atoms with E-state index in [1.807, 2.05) is 13.8 Å². The van der Waals surface area contributed by atoms with Crippen LogP contribution in [0.1, 0.15) is 30.6 Å². The molecule has 0 saturated heterocycles. The smallest absolute Gasteiger partial charge is 0.337 e. The summed E-state index contributed by atoms with van der Waals surface area (Å²) in [6.45, 7) is 4.80. The van der Waals surface area contributed by atoms with Crippen molar-refractivity contribution in [2.45, 2.75) is 20.3 Å². The molecule has 1 aromatic carbocycles. The third-order valence-electron chi connectivity index (χ3n) is 2.62. The van der Waals surface area contributed by atoms with Crippen molar-refractivity contribution < 1.29 is 19.1 Å². The van der Waals surface area contributed by atoms with Crippen molar-refractivity contribution in [1.82, 2.24) is 4.90 Å². The monoisotopic (exact) mass is 268 g/mol. The molecule has 2 N–H and O–H groups in total. The number of amides is 2. The Labute approximate surface area is 111 Å². The van der Waals surface area contributed by atoms with Gasteiger partial charge in [-0.3, -0.25) is 0 Å². The third kappa shape index (κ3) is 3.94. The van der Waals surface area contributed by atoms with Crippen molar-refractivity contribution in [3.63, 3.8) is 0 Å². The Balaban J connectivity index is 2.94. The zero-order chi connectivity index (χ0) is 14.4. The molecular formula is C13H17FN2O3. The van der Waals surface area contributed by atoms with Crippen LogP contribution >= 0.6 is 0 Å². The number of urea groups is 1. The van der Waals surface area contributed by atoms with E-state index in [0.717, 1.165) is 24.6 Å². The number of nitrogens with one attached hydrogen (secondary N) is 1. The first-order valence-electron chi connectivity index (χ1n) is 6.08. The van der Waals surface area contributed by atoms with Gasteiger partial charge in [-0.25, -0.2) is 14.0 Å². The van der Waals surface area contributed by atoms with Crippen molar-refractivity contribution in [1.29, 1.82) is 0 Å². The molecule has 0 aliphatic heterocycles. The van der Waals surface area contributed by atoms with E-state index in [-0.39, 0.29) is 11.3 Å². The molecule has 0 heterocycles. The highest BCUT2D eigenvalue weighted by Crippen LogP contribution is 2.18. The first-order valence-corrected chi connectivity index (χ1v) is 6.08. The molecule has 0 saturated carbocycles. The Morgan fingerprint density at radius 3 is 2.58 bits per heavy atom. The summed E-state index contributed by atoms with van der Waals surface area (Å²) >= 11 is 0. The summed E-state index contributed by atoms with van der Waals surface area (Å²) in [6, 6.07) is 2.74. The van der Waals surface area contributed by atoms with E-state index in [0.29, 0.717) is 13.1 Å². The van der Waals surface area contributed by atoms with Crippen molar-refractivity contribution in [2.24, 2.45) is 0 Å². The molecule has 19 heavy (non-hydrogen) atoms. The van der Waals surface area contributed by atoms with Gasteiger partial charge in [0.05, 0.1) is 11.3 Å². The van der Waals surface area contributed by atoms with Crippen molar-refractivity contribution in [2.75, 3.05) is 18.4 Å². The van der Waals surface area contributed by atoms with Gasteiger partial charge in [-0.15, -0.1) is 0 Å². The van der Waals surface area contributed by atoms with Gasteiger partial charge in [0.15, 0.2) is 0 Å². The van der Waals surface area contributed by atoms with Gasteiger partial charge in [0.2, 0.25) is 0 Å². The van der Waals surface area contributed by atoms with Crippen LogP contribution in [0.25, 0.3) is 0 Å². The van der Waals surface area contributed by atoms with Crippen molar-refractivity contribution in [3.8, 4) is 0 Å². The van der Waals surface area contributed by atoms with Gasteiger partial charge in [-0.1, -0.05) is 6.92 Å². The van der Waals surface area contributed by atoms with E-state index in [4.69, 9.17) is 5.11 Å². The Hall–Kier alpha value is -2.11. The minimum Gasteiger partial charge on any atom is -0.478 e. The zero-order valence-electron chi connectivity index (χ0n) is 10.9. The largest absolute Gasteiger partial charge is 0.478 e. The number of carbonyl (C=O) groups is 2. The SMILES string of the molecule is CCCN(CC)C(=O)Nc1cc(F)ccc1C(=O)O. The predicted octanol–water partition coefficient (Wildman–Crippen LogP) is 2.79. The van der Waals surface area contributed by atoms with Crippen LogP contribution in [-0.2, 0) is 0 Å². The van der Waals surface area contributed by atoms with Gasteiger partial charge in [0.25, 0.3) is 0 Å². The number of carboxylic acids is 1. The van der Waals surface area contributed by atoms with E-state index >= 15 is 0 Å². The molecule has 104 valence electrons. The molecule has 1 aromatic rings. The normalized spacial score (nSPS) is 10.1. The lowest BCUT2D eigenvalue weighted by atomic mass is 10.2. The highest BCUT2D eigenvalue weighted by Gasteiger charge is 2.16. The summed E-state index contributed by atoms with van der Waals surface area (Å²) in [5.41, 5.74) is -0.172. The van der Waals surface area contributed by atoms with Gasteiger partial charge in [0.1, 0.15) is 5.82 Å². The van der Waals surface area contributed by atoms with Crippen LogP contribution < -0.4 is 5.32 Å². The quantitative estimate of drug-likeness (QED) is 0.862. The Morgan fingerprint density at radius 2 is 2.05 bits per heavy atom. The first kappa shape index (κ1) is 14.9. The van der Waals surface area contributed by atoms with E-state index in [2.05, 4.69) is 5.32 Å². The maximum Gasteiger partial charge on any atom is 0.337 e. The summed E-state index contributed by atoms with van der Waals surface area (Å²) in [7, 11) is 0. The van der Waals surface area contributed by atoms with Crippen molar-refractivity contribution in [3.05, 3.63) is 29.6 Å². The molecule has 0 atom stereocenters. The molecule has 0 aliphatic carbocycles. The van der Waals surface area contributed by atoms with Gasteiger partial charge in [-0.05, 0) is 31.5 Å². The van der Waals surface area contributed by atoms with E-state index in [1.54, 1.807) is 0 Å². The van der Waals surface area contributed by atoms with Crippen LogP contribution in [0.5, 0.6) is 0 Å². The lowest BCUT2D eigenvalue weighted by molar-refractivity contribution is 0.0698. The molecule has 6 heteroatoms. The van der Waals surface area contributed by atoms with Gasteiger partial charge >= 0.3 is 12.0 Å². The highest BCUT2D eigenvalue weighted by molar-refractivity contribution is 5.99. The molecule has 2 amide bonds. The lowest BCUT2D eigenvalue weighted by Gasteiger charge is -2.21. The zero-order valence-corrected chi connectivity index (χ0v) is 10.9. The van der Waals surface area contributed by atoms with E-state index in [9.17, 15) is 14.0 Å². The summed E-state index contributed by atoms with van der Waals surface area (Å²) in [5, 5.41) is 11.4. The maximum atomic E-state index is 13.1. The number of carbonyl (C=O) groups excluding carboxylic acids is 1. The molecule has 5 nitrogen and oxygen atoms in total. The molecule has 0 aromatic heterocycles. The second-order valence-corrected chi connectivity index (χ2v) is 4.00. The van der Waals surface area contributed by atoms with Crippen LogP contribution in [0.4, 0.5) is 14.9 Å². The van der Waals surface area contributed by atoms with E-state index < -0.39 is 17.8 Å². The number of nitrogens with zero attached hydrogens (tertiary/aromatic N) is 1. The minimum atomic E-state index is -1.21. The molecule has 0 bridgehead atoms. The Bertz CT molecular complexity index is 477. The number of halogens is 1. The van der Waals surface area contributed by atoms with Gasteiger partial charge in [-0.2, -0.15) is 0 Å². The van der Waals surface area contributed by atoms with Crippen LogP contribution in [0, 0.1) is 5.82 Å². The topological polar surface area (TPSA) is 69.6 Å². The average Bonchev–Trinajstić information content (AvgIpc) is 2.35. The second-order valence-electron chi connectivity index (χ2n) is 4.00. The minimum absolute atomic E-state index is 0.0351. The van der Waals surface area contributed by atoms with Crippen LogP contribution in [0.15, 0.2) is 18.2 Å². The number of rotatable bonds is 5. The molecule has 1 rings (SSSR count).